The first kappa shape index (κ1) is 18.4. The van der Waals surface area contributed by atoms with Crippen molar-refractivity contribution in [3.63, 3.8) is 0 Å². The summed E-state index contributed by atoms with van der Waals surface area (Å²) >= 11 is 0. The Morgan fingerprint density at radius 2 is 1.96 bits per heavy atom. The van der Waals surface area contributed by atoms with E-state index in [0.717, 1.165) is 42.9 Å². The molecule has 0 atom stereocenters. The fraction of sp³-hybridized carbons (Fsp3) is 0.429. The minimum atomic E-state index is -0.143. The van der Waals surface area contributed by atoms with Gasteiger partial charge in [-0.1, -0.05) is 12.1 Å². The van der Waals surface area contributed by atoms with Crippen LogP contribution in [0.4, 0.5) is 0 Å². The van der Waals surface area contributed by atoms with E-state index in [9.17, 15) is 9.59 Å². The zero-order valence-electron chi connectivity index (χ0n) is 15.6. The van der Waals surface area contributed by atoms with E-state index in [4.69, 9.17) is 4.74 Å². The monoisotopic (exact) mass is 354 g/mol. The van der Waals surface area contributed by atoms with Crippen LogP contribution in [0.15, 0.2) is 29.1 Å². The summed E-state index contributed by atoms with van der Waals surface area (Å²) in [5.74, 6) is 0.300. The van der Waals surface area contributed by atoms with Gasteiger partial charge in [0.2, 0.25) is 0 Å². The molecule has 2 aromatic rings. The van der Waals surface area contributed by atoms with E-state index in [0.29, 0.717) is 17.0 Å². The first-order chi connectivity index (χ1) is 12.5. The molecule has 1 amide bonds. The molecule has 2 N–H and O–H groups in total. The zero-order valence-corrected chi connectivity index (χ0v) is 15.6. The Morgan fingerprint density at radius 1 is 1.23 bits per heavy atom. The van der Waals surface area contributed by atoms with Gasteiger partial charge in [0.15, 0.2) is 0 Å². The molecular formula is C21H26N2O3. The van der Waals surface area contributed by atoms with Crippen LogP contribution >= 0.6 is 0 Å². The average molecular weight is 354 g/mol. The molecule has 138 valence electrons. The summed E-state index contributed by atoms with van der Waals surface area (Å²) in [6.45, 7) is 7.51. The first-order valence-electron chi connectivity index (χ1n) is 9.12. The molecule has 0 saturated carbocycles. The van der Waals surface area contributed by atoms with Crippen LogP contribution in [0.3, 0.4) is 0 Å². The summed E-state index contributed by atoms with van der Waals surface area (Å²) in [4.78, 5) is 27.6. The molecule has 1 aliphatic heterocycles. The van der Waals surface area contributed by atoms with E-state index < -0.39 is 0 Å². The third kappa shape index (κ3) is 3.88. The predicted octanol–water partition coefficient (Wildman–Crippen LogP) is 3.12. The molecule has 26 heavy (non-hydrogen) atoms. The van der Waals surface area contributed by atoms with Gasteiger partial charge in [0, 0.05) is 36.6 Å². The van der Waals surface area contributed by atoms with E-state index >= 15 is 0 Å². The molecule has 1 aromatic carbocycles. The Labute approximate surface area is 153 Å². The number of aryl methyl sites for hydroxylation is 2. The van der Waals surface area contributed by atoms with Gasteiger partial charge in [-0.15, -0.1) is 0 Å². The average Bonchev–Trinajstić information content (AvgIpc) is 2.61. The van der Waals surface area contributed by atoms with Gasteiger partial charge in [-0.25, -0.2) is 0 Å². The number of amides is 1. The van der Waals surface area contributed by atoms with Crippen molar-refractivity contribution in [3.05, 3.63) is 68.1 Å². The molecule has 5 nitrogen and oxygen atoms in total. The Morgan fingerprint density at radius 3 is 2.65 bits per heavy atom. The number of hydrogen-bond acceptors (Lipinski definition) is 3. The quantitative estimate of drug-likeness (QED) is 0.886. The van der Waals surface area contributed by atoms with Crippen molar-refractivity contribution in [3.8, 4) is 0 Å². The van der Waals surface area contributed by atoms with Crippen LogP contribution in [0.25, 0.3) is 0 Å². The molecule has 5 heteroatoms. The lowest BCUT2D eigenvalue weighted by Gasteiger charge is -2.24. The van der Waals surface area contributed by atoms with E-state index in [1.807, 2.05) is 39.0 Å². The molecule has 1 saturated heterocycles. The number of H-pyrrole nitrogens is 1. The van der Waals surface area contributed by atoms with Crippen LogP contribution in [0.1, 0.15) is 57.1 Å². The maximum Gasteiger partial charge on any atom is 0.253 e. The van der Waals surface area contributed by atoms with Gasteiger partial charge in [0.25, 0.3) is 11.5 Å². The smallest absolute Gasteiger partial charge is 0.253 e. The largest absolute Gasteiger partial charge is 0.381 e. The van der Waals surface area contributed by atoms with Gasteiger partial charge in [0.1, 0.15) is 0 Å². The second kappa shape index (κ2) is 7.87. The lowest BCUT2D eigenvalue weighted by molar-refractivity contribution is 0.0851. The van der Waals surface area contributed by atoms with Crippen molar-refractivity contribution in [2.24, 2.45) is 0 Å². The zero-order chi connectivity index (χ0) is 18.7. The third-order valence-electron chi connectivity index (χ3n) is 5.20. The standard InChI is InChI=1S/C21H26N2O3/c1-13-11-14(2)23-21(25)19(13)12-22-20(24)18-6-4-5-17(15(18)3)16-7-9-26-10-8-16/h4-6,11,16H,7-10,12H2,1-3H3,(H,22,24)(H,23,25). The summed E-state index contributed by atoms with van der Waals surface area (Å²) in [6, 6.07) is 7.81. The molecule has 0 radical (unpaired) electrons. The van der Waals surface area contributed by atoms with Crippen molar-refractivity contribution in [2.45, 2.75) is 46.1 Å². The normalized spacial score (nSPS) is 15.0. The van der Waals surface area contributed by atoms with Crippen LogP contribution in [-0.4, -0.2) is 24.1 Å². The third-order valence-corrected chi connectivity index (χ3v) is 5.20. The van der Waals surface area contributed by atoms with Gasteiger partial charge in [-0.2, -0.15) is 0 Å². The number of carbonyl (C=O) groups excluding carboxylic acids is 1. The van der Waals surface area contributed by atoms with Crippen LogP contribution < -0.4 is 10.9 Å². The summed E-state index contributed by atoms with van der Waals surface area (Å²) in [6.07, 6.45) is 1.98. The number of nitrogens with one attached hydrogen (secondary N) is 2. The Kier molecular flexibility index (Phi) is 5.57. The van der Waals surface area contributed by atoms with Crippen LogP contribution in [0, 0.1) is 20.8 Å². The first-order valence-corrected chi connectivity index (χ1v) is 9.12. The Balaban J connectivity index is 1.77. The topological polar surface area (TPSA) is 71.2 Å². The number of hydrogen-bond donors (Lipinski definition) is 2. The van der Waals surface area contributed by atoms with Gasteiger partial charge < -0.3 is 15.0 Å². The van der Waals surface area contributed by atoms with E-state index in [1.165, 1.54) is 5.56 Å². The van der Waals surface area contributed by atoms with Crippen LogP contribution in [0.2, 0.25) is 0 Å². The Bertz CT molecular complexity index is 864. The van der Waals surface area contributed by atoms with E-state index in [-0.39, 0.29) is 18.0 Å². The molecule has 3 rings (SSSR count). The number of carbonyl (C=O) groups is 1. The summed E-state index contributed by atoms with van der Waals surface area (Å²) in [5, 5.41) is 2.90. The number of ether oxygens (including phenoxy) is 1. The second-order valence-corrected chi connectivity index (χ2v) is 7.03. The molecule has 1 aromatic heterocycles. The molecule has 0 unspecified atom stereocenters. The van der Waals surface area contributed by atoms with Crippen molar-refractivity contribution in [1.82, 2.24) is 10.3 Å². The lowest BCUT2D eigenvalue weighted by atomic mass is 9.87. The molecule has 2 heterocycles. The molecule has 0 aliphatic carbocycles. The lowest BCUT2D eigenvalue weighted by Crippen LogP contribution is -2.28. The molecule has 0 bridgehead atoms. The van der Waals surface area contributed by atoms with Crippen LogP contribution in [0.5, 0.6) is 0 Å². The summed E-state index contributed by atoms with van der Waals surface area (Å²) in [7, 11) is 0. The molecular weight excluding hydrogens is 328 g/mol. The maximum absolute atomic E-state index is 12.7. The second-order valence-electron chi connectivity index (χ2n) is 7.03. The molecule has 1 aliphatic rings. The number of aromatic amines is 1. The molecule has 1 fully saturated rings. The number of pyridine rings is 1. The highest BCUT2D eigenvalue weighted by atomic mass is 16.5. The van der Waals surface area contributed by atoms with Gasteiger partial charge in [-0.3, -0.25) is 9.59 Å². The van der Waals surface area contributed by atoms with Gasteiger partial charge in [-0.05, 0) is 68.4 Å². The minimum absolute atomic E-state index is 0.143. The Hall–Kier alpha value is -2.40. The highest BCUT2D eigenvalue weighted by molar-refractivity contribution is 5.95. The van der Waals surface area contributed by atoms with E-state index in [2.05, 4.69) is 16.4 Å². The SMILES string of the molecule is Cc1cc(C)c(CNC(=O)c2cccc(C3CCOCC3)c2C)c(=O)[nH]1. The van der Waals surface area contributed by atoms with Gasteiger partial charge >= 0.3 is 0 Å². The van der Waals surface area contributed by atoms with Crippen molar-refractivity contribution < 1.29 is 9.53 Å². The van der Waals surface area contributed by atoms with Crippen molar-refractivity contribution in [1.29, 1.82) is 0 Å². The fourth-order valence-electron chi connectivity index (χ4n) is 3.72. The summed E-state index contributed by atoms with van der Waals surface area (Å²) in [5.41, 5.74) is 5.09. The fourth-order valence-corrected chi connectivity index (χ4v) is 3.72. The van der Waals surface area contributed by atoms with Crippen molar-refractivity contribution in [2.75, 3.05) is 13.2 Å². The summed E-state index contributed by atoms with van der Waals surface area (Å²) < 4.78 is 5.45. The number of rotatable bonds is 4. The highest BCUT2D eigenvalue weighted by Gasteiger charge is 2.20. The van der Waals surface area contributed by atoms with E-state index in [1.54, 1.807) is 0 Å². The van der Waals surface area contributed by atoms with Crippen LogP contribution in [-0.2, 0) is 11.3 Å². The number of benzene rings is 1. The highest BCUT2D eigenvalue weighted by Crippen LogP contribution is 2.30. The maximum atomic E-state index is 12.7. The minimum Gasteiger partial charge on any atom is -0.381 e. The van der Waals surface area contributed by atoms with Gasteiger partial charge in [0.05, 0.1) is 0 Å². The van der Waals surface area contributed by atoms with Crippen molar-refractivity contribution >= 4 is 5.91 Å². The molecule has 0 spiro atoms. The number of aromatic nitrogens is 1. The predicted molar refractivity (Wildman–Crippen MR) is 102 cm³/mol.